The quantitative estimate of drug-likeness (QED) is 0.748. The van der Waals surface area contributed by atoms with Gasteiger partial charge in [0.05, 0.1) is 20.5 Å². The number of thiazole rings is 1. The summed E-state index contributed by atoms with van der Waals surface area (Å²) in [5.41, 5.74) is 1.49. The van der Waals surface area contributed by atoms with E-state index in [1.54, 1.807) is 6.07 Å². The van der Waals surface area contributed by atoms with Crippen LogP contribution in [-0.4, -0.2) is 10.9 Å². The summed E-state index contributed by atoms with van der Waals surface area (Å²) in [5, 5.41) is 8.97. The normalized spacial score (nSPS) is 10.6. The zero-order valence-electron chi connectivity index (χ0n) is 9.42. The molecule has 3 aromatic rings. The SMILES string of the molecule is O=C(Nc1nc(-c2ccc(Cl)s2)cs1)c1ccsc1. The molecule has 0 radical (unpaired) electrons. The van der Waals surface area contributed by atoms with Gasteiger partial charge >= 0.3 is 0 Å². The van der Waals surface area contributed by atoms with Crippen LogP contribution < -0.4 is 5.32 Å². The molecule has 3 rings (SSSR count). The van der Waals surface area contributed by atoms with Gasteiger partial charge in [0.25, 0.3) is 5.91 Å². The third-order valence-corrected chi connectivity index (χ3v) is 5.03. The van der Waals surface area contributed by atoms with E-state index < -0.39 is 0 Å². The molecule has 0 fully saturated rings. The number of hydrogen-bond acceptors (Lipinski definition) is 5. The Balaban J connectivity index is 1.77. The molecule has 19 heavy (non-hydrogen) atoms. The maximum Gasteiger partial charge on any atom is 0.258 e. The van der Waals surface area contributed by atoms with Crippen LogP contribution in [0.1, 0.15) is 10.4 Å². The number of anilines is 1. The average Bonchev–Trinajstić information content (AvgIpc) is 3.07. The molecule has 0 aromatic carbocycles. The summed E-state index contributed by atoms with van der Waals surface area (Å²) in [7, 11) is 0. The first-order chi connectivity index (χ1) is 9.22. The van der Waals surface area contributed by atoms with Gasteiger partial charge < -0.3 is 0 Å². The Kier molecular flexibility index (Phi) is 3.65. The fourth-order valence-electron chi connectivity index (χ4n) is 1.46. The standard InChI is InChI=1S/C12H7ClN2OS3/c13-10-2-1-9(19-10)8-6-18-12(14-8)15-11(16)7-3-4-17-5-7/h1-6H,(H,14,15,16). The monoisotopic (exact) mass is 326 g/mol. The van der Waals surface area contributed by atoms with Crippen LogP contribution in [-0.2, 0) is 0 Å². The number of nitrogens with one attached hydrogen (secondary N) is 1. The van der Waals surface area contributed by atoms with E-state index in [2.05, 4.69) is 10.3 Å². The smallest absolute Gasteiger partial charge is 0.258 e. The van der Waals surface area contributed by atoms with Crippen molar-refractivity contribution in [2.24, 2.45) is 0 Å². The van der Waals surface area contributed by atoms with Gasteiger partial charge in [0.1, 0.15) is 0 Å². The van der Waals surface area contributed by atoms with Gasteiger partial charge in [-0.15, -0.1) is 22.7 Å². The fraction of sp³-hybridized carbons (Fsp3) is 0. The van der Waals surface area contributed by atoms with Gasteiger partial charge in [-0.2, -0.15) is 11.3 Å². The van der Waals surface area contributed by atoms with Crippen LogP contribution in [0.4, 0.5) is 5.13 Å². The van der Waals surface area contributed by atoms with E-state index in [1.165, 1.54) is 34.0 Å². The lowest BCUT2D eigenvalue weighted by molar-refractivity contribution is 0.102. The number of aromatic nitrogens is 1. The second kappa shape index (κ2) is 5.42. The van der Waals surface area contributed by atoms with Crippen molar-refractivity contribution in [1.82, 2.24) is 4.98 Å². The molecule has 1 N–H and O–H groups in total. The van der Waals surface area contributed by atoms with Crippen LogP contribution in [0.5, 0.6) is 0 Å². The lowest BCUT2D eigenvalue weighted by Gasteiger charge is -1.97. The summed E-state index contributed by atoms with van der Waals surface area (Å²) in [4.78, 5) is 17.3. The van der Waals surface area contributed by atoms with Gasteiger partial charge in [0, 0.05) is 10.8 Å². The van der Waals surface area contributed by atoms with E-state index in [4.69, 9.17) is 11.6 Å². The highest BCUT2D eigenvalue weighted by molar-refractivity contribution is 7.20. The minimum Gasteiger partial charge on any atom is -0.298 e. The highest BCUT2D eigenvalue weighted by Gasteiger charge is 2.11. The Bertz CT molecular complexity index is 702. The number of rotatable bonds is 3. The number of hydrogen-bond donors (Lipinski definition) is 1. The van der Waals surface area contributed by atoms with Crippen molar-refractivity contribution in [3.8, 4) is 10.6 Å². The predicted octanol–water partition coefficient (Wildman–Crippen LogP) is 4.84. The van der Waals surface area contributed by atoms with Crippen LogP contribution in [0.25, 0.3) is 10.6 Å². The molecule has 0 aliphatic heterocycles. The molecule has 0 spiro atoms. The molecule has 7 heteroatoms. The molecular formula is C12H7ClN2OS3. The Hall–Kier alpha value is -1.21. The molecule has 0 aliphatic rings. The lowest BCUT2D eigenvalue weighted by atomic mass is 10.3. The van der Waals surface area contributed by atoms with Crippen molar-refractivity contribution in [3.63, 3.8) is 0 Å². The van der Waals surface area contributed by atoms with Gasteiger partial charge in [-0.1, -0.05) is 11.6 Å². The first kappa shape index (κ1) is 12.8. The van der Waals surface area contributed by atoms with Gasteiger partial charge in [-0.3, -0.25) is 10.1 Å². The van der Waals surface area contributed by atoms with Crippen LogP contribution in [0, 0.1) is 0 Å². The molecule has 0 saturated carbocycles. The van der Waals surface area contributed by atoms with Gasteiger partial charge in [-0.25, -0.2) is 4.98 Å². The van der Waals surface area contributed by atoms with Crippen molar-refractivity contribution in [3.05, 3.63) is 44.2 Å². The Morgan fingerprint density at radius 2 is 2.16 bits per heavy atom. The summed E-state index contributed by atoms with van der Waals surface area (Å²) >= 11 is 10.3. The van der Waals surface area contributed by atoms with Crippen molar-refractivity contribution < 1.29 is 4.79 Å². The number of halogens is 1. The molecule has 96 valence electrons. The van der Waals surface area contributed by atoms with Gasteiger partial charge in [0.15, 0.2) is 5.13 Å². The second-order valence-corrected chi connectivity index (χ2v) is 6.96. The lowest BCUT2D eigenvalue weighted by Crippen LogP contribution is -2.10. The molecule has 0 unspecified atom stereocenters. The molecule has 3 heterocycles. The van der Waals surface area contributed by atoms with Crippen molar-refractivity contribution >= 4 is 56.7 Å². The van der Waals surface area contributed by atoms with Crippen molar-refractivity contribution in [1.29, 1.82) is 0 Å². The highest BCUT2D eigenvalue weighted by atomic mass is 35.5. The van der Waals surface area contributed by atoms with Crippen LogP contribution in [0.3, 0.4) is 0 Å². The maximum atomic E-state index is 11.9. The zero-order valence-corrected chi connectivity index (χ0v) is 12.6. The fourth-order valence-corrected chi connectivity index (χ4v) is 3.88. The van der Waals surface area contributed by atoms with Crippen LogP contribution in [0.15, 0.2) is 34.3 Å². The first-order valence-corrected chi connectivity index (χ1v) is 8.29. The van der Waals surface area contributed by atoms with E-state index in [0.29, 0.717) is 10.7 Å². The number of nitrogens with zero attached hydrogens (tertiary/aromatic N) is 1. The van der Waals surface area contributed by atoms with Crippen molar-refractivity contribution in [2.75, 3.05) is 5.32 Å². The number of carbonyl (C=O) groups excluding carboxylic acids is 1. The van der Waals surface area contributed by atoms with Gasteiger partial charge in [-0.05, 0) is 23.6 Å². The van der Waals surface area contributed by atoms with E-state index >= 15 is 0 Å². The van der Waals surface area contributed by atoms with Crippen molar-refractivity contribution in [2.45, 2.75) is 0 Å². The van der Waals surface area contributed by atoms with E-state index in [9.17, 15) is 4.79 Å². The highest BCUT2D eigenvalue weighted by Crippen LogP contribution is 2.32. The molecule has 0 saturated heterocycles. The molecule has 3 aromatic heterocycles. The van der Waals surface area contributed by atoms with E-state index in [1.807, 2.05) is 28.3 Å². The number of amides is 1. The number of thiophene rings is 2. The molecule has 0 bridgehead atoms. The first-order valence-electron chi connectivity index (χ1n) is 5.27. The molecule has 3 nitrogen and oxygen atoms in total. The van der Waals surface area contributed by atoms with E-state index in [-0.39, 0.29) is 5.91 Å². The Morgan fingerprint density at radius 3 is 2.84 bits per heavy atom. The second-order valence-electron chi connectivity index (χ2n) is 3.61. The summed E-state index contributed by atoms with van der Waals surface area (Å²) in [6.45, 7) is 0. The molecule has 1 amide bonds. The van der Waals surface area contributed by atoms with E-state index in [0.717, 1.165) is 14.9 Å². The molecule has 0 aliphatic carbocycles. The molecular weight excluding hydrogens is 320 g/mol. The Morgan fingerprint density at radius 1 is 1.26 bits per heavy atom. The third-order valence-electron chi connectivity index (χ3n) is 2.33. The summed E-state index contributed by atoms with van der Waals surface area (Å²) in [5.74, 6) is -0.133. The summed E-state index contributed by atoms with van der Waals surface area (Å²) in [6.07, 6.45) is 0. The minimum atomic E-state index is -0.133. The van der Waals surface area contributed by atoms with Crippen LogP contribution >= 0.6 is 45.6 Å². The maximum absolute atomic E-state index is 11.9. The van der Waals surface area contributed by atoms with Crippen LogP contribution in [0.2, 0.25) is 4.34 Å². The number of carbonyl (C=O) groups is 1. The third kappa shape index (κ3) is 2.87. The zero-order chi connectivity index (χ0) is 13.2. The Labute approximate surface area is 126 Å². The molecule has 0 atom stereocenters. The predicted molar refractivity (Wildman–Crippen MR) is 82.7 cm³/mol. The minimum absolute atomic E-state index is 0.133. The summed E-state index contributed by atoms with van der Waals surface area (Å²) < 4.78 is 0.729. The van der Waals surface area contributed by atoms with Gasteiger partial charge in [0.2, 0.25) is 0 Å². The topological polar surface area (TPSA) is 42.0 Å². The average molecular weight is 327 g/mol. The summed E-state index contributed by atoms with van der Waals surface area (Å²) in [6, 6.07) is 5.55. The largest absolute Gasteiger partial charge is 0.298 e.